The molecule has 1 N–H and O–H groups in total. The van der Waals surface area contributed by atoms with Crippen LogP contribution < -0.4 is 10.1 Å². The number of benzene rings is 5. The van der Waals surface area contributed by atoms with E-state index in [9.17, 15) is 0 Å². The van der Waals surface area contributed by atoms with E-state index >= 15 is 0 Å². The molecule has 0 saturated heterocycles. The molecule has 0 bridgehead atoms. The third-order valence-electron chi connectivity index (χ3n) is 7.15. The Morgan fingerprint density at radius 1 is 0.659 bits per heavy atom. The quantitative estimate of drug-likeness (QED) is 0.215. The fourth-order valence-electron chi connectivity index (χ4n) is 5.04. The number of rotatable bonds is 8. The monoisotopic (exact) mass is 533 g/mol. The van der Waals surface area contributed by atoms with Crippen molar-refractivity contribution in [3.63, 3.8) is 0 Å². The molecule has 2 heterocycles. The molecule has 198 valence electrons. The number of fused-ring (bicyclic) bond motifs is 2. The summed E-state index contributed by atoms with van der Waals surface area (Å²) in [6.07, 6.45) is 2.53. The van der Waals surface area contributed by atoms with Gasteiger partial charge in [-0.05, 0) is 53.6 Å². The highest BCUT2D eigenvalue weighted by atomic mass is 16.5. The largest absolute Gasteiger partial charge is 0.489 e. The molecule has 0 aliphatic carbocycles. The summed E-state index contributed by atoms with van der Waals surface area (Å²) < 4.78 is 8.04. The van der Waals surface area contributed by atoms with E-state index in [0.717, 1.165) is 61.6 Å². The van der Waals surface area contributed by atoms with Crippen molar-refractivity contribution in [3.8, 4) is 11.4 Å². The summed E-state index contributed by atoms with van der Waals surface area (Å²) in [7, 11) is 0. The average molecular weight is 534 g/mol. The average Bonchev–Trinajstić information content (AvgIpc) is 3.46. The van der Waals surface area contributed by atoms with Crippen molar-refractivity contribution in [3.05, 3.63) is 151 Å². The summed E-state index contributed by atoms with van der Waals surface area (Å²) >= 11 is 0. The third-order valence-corrected chi connectivity index (χ3v) is 7.15. The number of ether oxygens (including phenoxy) is 1. The lowest BCUT2D eigenvalue weighted by Gasteiger charge is -2.12. The lowest BCUT2D eigenvalue weighted by molar-refractivity contribution is 0.306. The van der Waals surface area contributed by atoms with Gasteiger partial charge in [-0.2, -0.15) is 5.10 Å². The molecule has 7 aromatic rings. The minimum Gasteiger partial charge on any atom is -0.489 e. The molecule has 5 aromatic carbocycles. The molecule has 0 amide bonds. The molecular weight excluding hydrogens is 506 g/mol. The summed E-state index contributed by atoms with van der Waals surface area (Å²) in [5.41, 5.74) is 7.17. The predicted octanol–water partition coefficient (Wildman–Crippen LogP) is 7.88. The van der Waals surface area contributed by atoms with Crippen molar-refractivity contribution in [2.45, 2.75) is 13.0 Å². The van der Waals surface area contributed by atoms with Crippen molar-refractivity contribution in [2.75, 3.05) is 5.32 Å². The second kappa shape index (κ2) is 10.9. The zero-order valence-electron chi connectivity index (χ0n) is 22.3. The first-order valence-corrected chi connectivity index (χ1v) is 13.6. The van der Waals surface area contributed by atoms with E-state index in [0.29, 0.717) is 13.0 Å². The van der Waals surface area contributed by atoms with Gasteiger partial charge in [0.1, 0.15) is 18.7 Å². The standard InChI is InChI=1S/C35H27N5O/c1-3-9-26(10-4-1)23-41-29-18-15-25(16-19-29)21-32-30-13-7-8-14-31(30)35(39-38-32)37-27-17-20-34-33(22-27)36-24-40(34)28-11-5-2-6-12-28/h1-20,22,24H,21,23H2,(H,37,39). The first-order valence-electron chi connectivity index (χ1n) is 13.6. The summed E-state index contributed by atoms with van der Waals surface area (Å²) in [5, 5.41) is 14.8. The van der Waals surface area contributed by atoms with Crippen LogP contribution in [0.4, 0.5) is 11.5 Å². The van der Waals surface area contributed by atoms with E-state index in [2.05, 4.69) is 85.7 Å². The zero-order valence-corrected chi connectivity index (χ0v) is 22.3. The third kappa shape index (κ3) is 5.23. The van der Waals surface area contributed by atoms with E-state index in [-0.39, 0.29) is 0 Å². The molecule has 0 spiro atoms. The van der Waals surface area contributed by atoms with Gasteiger partial charge < -0.3 is 10.1 Å². The fraction of sp³-hybridized carbons (Fsp3) is 0.0571. The van der Waals surface area contributed by atoms with Crippen LogP contribution in [-0.4, -0.2) is 19.7 Å². The Labute approximate surface area is 237 Å². The smallest absolute Gasteiger partial charge is 0.160 e. The van der Waals surface area contributed by atoms with Crippen LogP contribution in [0, 0.1) is 0 Å². The van der Waals surface area contributed by atoms with E-state index in [1.807, 2.05) is 73.1 Å². The molecule has 0 aliphatic heterocycles. The summed E-state index contributed by atoms with van der Waals surface area (Å²) in [5.74, 6) is 1.56. The lowest BCUT2D eigenvalue weighted by Crippen LogP contribution is -2.02. The van der Waals surface area contributed by atoms with Crippen molar-refractivity contribution in [1.29, 1.82) is 0 Å². The van der Waals surface area contributed by atoms with Gasteiger partial charge >= 0.3 is 0 Å². The normalized spacial score (nSPS) is 11.1. The van der Waals surface area contributed by atoms with Crippen LogP contribution in [-0.2, 0) is 13.0 Å². The number of hydrogen-bond acceptors (Lipinski definition) is 5. The molecule has 0 saturated carbocycles. The molecule has 2 aromatic heterocycles. The van der Waals surface area contributed by atoms with Crippen LogP contribution in [0.5, 0.6) is 5.75 Å². The van der Waals surface area contributed by atoms with Crippen molar-refractivity contribution in [2.24, 2.45) is 0 Å². The summed E-state index contributed by atoms with van der Waals surface area (Å²) in [6, 6.07) is 43.0. The molecule has 6 heteroatoms. The van der Waals surface area contributed by atoms with Crippen molar-refractivity contribution >= 4 is 33.3 Å². The van der Waals surface area contributed by atoms with Gasteiger partial charge in [-0.25, -0.2) is 4.98 Å². The maximum atomic E-state index is 5.95. The summed E-state index contributed by atoms with van der Waals surface area (Å²) in [6.45, 7) is 0.548. The SMILES string of the molecule is c1ccc(COc2ccc(Cc3nnc(Nc4ccc5c(c4)ncn5-c4ccccc4)c4ccccc34)cc2)cc1. The first kappa shape index (κ1) is 24.5. The van der Waals surface area contributed by atoms with Crippen LogP contribution in [0.3, 0.4) is 0 Å². The Hall–Kier alpha value is -5.49. The van der Waals surface area contributed by atoms with Crippen LogP contribution in [0.2, 0.25) is 0 Å². The maximum Gasteiger partial charge on any atom is 0.160 e. The van der Waals surface area contributed by atoms with Crippen LogP contribution in [0.15, 0.2) is 134 Å². The van der Waals surface area contributed by atoms with Crippen LogP contribution in [0.25, 0.3) is 27.5 Å². The Balaban J connectivity index is 1.10. The second-order valence-corrected chi connectivity index (χ2v) is 9.91. The van der Waals surface area contributed by atoms with Gasteiger partial charge in [-0.3, -0.25) is 4.57 Å². The Morgan fingerprint density at radius 3 is 2.20 bits per heavy atom. The predicted molar refractivity (Wildman–Crippen MR) is 164 cm³/mol. The number of hydrogen-bond donors (Lipinski definition) is 1. The van der Waals surface area contributed by atoms with Gasteiger partial charge in [-0.15, -0.1) is 5.10 Å². The van der Waals surface area contributed by atoms with E-state index < -0.39 is 0 Å². The molecule has 41 heavy (non-hydrogen) atoms. The lowest BCUT2D eigenvalue weighted by atomic mass is 10.0. The van der Waals surface area contributed by atoms with Gasteiger partial charge in [0.2, 0.25) is 0 Å². The summed E-state index contributed by atoms with van der Waals surface area (Å²) in [4.78, 5) is 4.63. The molecule has 0 unspecified atom stereocenters. The second-order valence-electron chi connectivity index (χ2n) is 9.91. The van der Waals surface area contributed by atoms with E-state index in [1.54, 1.807) is 0 Å². The van der Waals surface area contributed by atoms with Gasteiger partial charge in [0.25, 0.3) is 0 Å². The molecule has 0 atom stereocenters. The minimum atomic E-state index is 0.548. The van der Waals surface area contributed by atoms with Gasteiger partial charge in [-0.1, -0.05) is 84.9 Å². The highest BCUT2D eigenvalue weighted by Gasteiger charge is 2.12. The Bertz CT molecular complexity index is 1930. The molecule has 0 aliphatic rings. The Kier molecular flexibility index (Phi) is 6.55. The highest BCUT2D eigenvalue weighted by Crippen LogP contribution is 2.29. The van der Waals surface area contributed by atoms with Crippen molar-refractivity contribution in [1.82, 2.24) is 19.7 Å². The van der Waals surface area contributed by atoms with E-state index in [1.165, 1.54) is 0 Å². The topological polar surface area (TPSA) is 64.9 Å². The zero-order chi connectivity index (χ0) is 27.4. The molecule has 0 fully saturated rings. The van der Waals surface area contributed by atoms with Gasteiger partial charge in [0.05, 0.1) is 16.7 Å². The Morgan fingerprint density at radius 2 is 1.39 bits per heavy atom. The van der Waals surface area contributed by atoms with Crippen LogP contribution >= 0.6 is 0 Å². The number of nitrogens with zero attached hydrogens (tertiary/aromatic N) is 4. The first-order chi connectivity index (χ1) is 20.3. The molecular formula is C35H27N5O. The van der Waals surface area contributed by atoms with E-state index in [4.69, 9.17) is 4.74 Å². The number of anilines is 2. The molecule has 0 radical (unpaired) electrons. The highest BCUT2D eigenvalue weighted by molar-refractivity contribution is 5.95. The minimum absolute atomic E-state index is 0.548. The number of aromatic nitrogens is 4. The number of para-hydroxylation sites is 1. The maximum absolute atomic E-state index is 5.95. The number of imidazole rings is 1. The van der Waals surface area contributed by atoms with Crippen LogP contribution in [0.1, 0.15) is 16.8 Å². The molecule has 6 nitrogen and oxygen atoms in total. The number of nitrogens with one attached hydrogen (secondary N) is 1. The van der Waals surface area contributed by atoms with Gasteiger partial charge in [0.15, 0.2) is 5.82 Å². The van der Waals surface area contributed by atoms with Crippen molar-refractivity contribution < 1.29 is 4.74 Å². The fourth-order valence-corrected chi connectivity index (χ4v) is 5.04. The molecule has 7 rings (SSSR count). The van der Waals surface area contributed by atoms with Gasteiger partial charge in [0, 0.05) is 28.6 Å².